The standard InChI is InChI=1S/C22H27N3O3S2.ClH/c1-6-30(27,28)18-9-7-8-17(14-18)21(26)25(11-10-24(4)5)22-23-20-16(3)12-15(2)13-19(20)29-22;/h7-9,12-14H,6,10-11H2,1-5H3;1H. The number of hydrogen-bond acceptors (Lipinski definition) is 6. The maximum atomic E-state index is 13.4. The van der Waals surface area contributed by atoms with Crippen LogP contribution in [0.1, 0.15) is 28.4 Å². The molecule has 0 N–H and O–H groups in total. The first-order valence-electron chi connectivity index (χ1n) is 9.79. The van der Waals surface area contributed by atoms with Gasteiger partial charge in [-0.25, -0.2) is 13.4 Å². The number of thiazole rings is 1. The molecule has 0 saturated heterocycles. The average Bonchev–Trinajstić information content (AvgIpc) is 3.12. The van der Waals surface area contributed by atoms with Gasteiger partial charge < -0.3 is 4.90 Å². The van der Waals surface area contributed by atoms with E-state index in [1.807, 2.05) is 32.8 Å². The number of benzene rings is 2. The number of carbonyl (C=O) groups is 1. The van der Waals surface area contributed by atoms with Crippen LogP contribution in [0.4, 0.5) is 5.13 Å². The number of fused-ring (bicyclic) bond motifs is 1. The highest BCUT2D eigenvalue weighted by Crippen LogP contribution is 2.32. The van der Waals surface area contributed by atoms with Crippen LogP contribution in [-0.4, -0.2) is 57.1 Å². The van der Waals surface area contributed by atoms with Gasteiger partial charge in [-0.1, -0.05) is 30.4 Å². The normalized spacial score (nSPS) is 11.5. The molecule has 6 nitrogen and oxygen atoms in total. The van der Waals surface area contributed by atoms with Crippen LogP contribution in [-0.2, 0) is 9.84 Å². The van der Waals surface area contributed by atoms with Crippen LogP contribution < -0.4 is 4.90 Å². The summed E-state index contributed by atoms with van der Waals surface area (Å²) in [6.45, 7) is 6.77. The molecule has 0 aliphatic rings. The smallest absolute Gasteiger partial charge is 0.260 e. The van der Waals surface area contributed by atoms with Crippen LogP contribution in [0.3, 0.4) is 0 Å². The van der Waals surface area contributed by atoms with Gasteiger partial charge >= 0.3 is 0 Å². The van der Waals surface area contributed by atoms with Crippen molar-refractivity contribution in [2.75, 3.05) is 37.8 Å². The third-order valence-corrected chi connectivity index (χ3v) is 7.64. The minimum atomic E-state index is -3.39. The second kappa shape index (κ2) is 10.1. The lowest BCUT2D eigenvalue weighted by atomic mass is 10.1. The Morgan fingerprint density at radius 1 is 1.10 bits per heavy atom. The van der Waals surface area contributed by atoms with Crippen molar-refractivity contribution in [1.29, 1.82) is 0 Å². The highest BCUT2D eigenvalue weighted by Gasteiger charge is 2.23. The quantitative estimate of drug-likeness (QED) is 0.502. The van der Waals surface area contributed by atoms with Crippen molar-refractivity contribution < 1.29 is 13.2 Å². The van der Waals surface area contributed by atoms with Crippen LogP contribution in [0.2, 0.25) is 0 Å². The number of rotatable bonds is 7. The zero-order valence-corrected chi connectivity index (χ0v) is 20.8. The SMILES string of the molecule is CCS(=O)(=O)c1cccc(C(=O)N(CCN(C)C)c2nc3c(C)cc(C)cc3s2)c1.Cl. The van der Waals surface area contributed by atoms with Crippen LogP contribution in [0.5, 0.6) is 0 Å². The van der Waals surface area contributed by atoms with Gasteiger partial charge in [-0.2, -0.15) is 0 Å². The number of halogens is 1. The van der Waals surface area contributed by atoms with E-state index >= 15 is 0 Å². The van der Waals surface area contributed by atoms with Crippen molar-refractivity contribution in [3.63, 3.8) is 0 Å². The van der Waals surface area contributed by atoms with Gasteiger partial charge in [0, 0.05) is 18.7 Å². The zero-order valence-electron chi connectivity index (χ0n) is 18.4. The Kier molecular flexibility index (Phi) is 8.21. The number of sulfone groups is 1. The van der Waals surface area contributed by atoms with Crippen molar-refractivity contribution in [2.45, 2.75) is 25.7 Å². The van der Waals surface area contributed by atoms with Crippen LogP contribution in [0.25, 0.3) is 10.2 Å². The van der Waals surface area contributed by atoms with Gasteiger partial charge in [-0.05, 0) is 63.3 Å². The molecule has 1 amide bonds. The fourth-order valence-electron chi connectivity index (χ4n) is 3.20. The third-order valence-electron chi connectivity index (χ3n) is 4.89. The lowest BCUT2D eigenvalue weighted by Crippen LogP contribution is -2.36. The summed E-state index contributed by atoms with van der Waals surface area (Å²) in [5, 5.41) is 0.620. The number of aromatic nitrogens is 1. The van der Waals surface area contributed by atoms with Gasteiger partial charge in [-0.15, -0.1) is 12.4 Å². The van der Waals surface area contributed by atoms with E-state index in [-0.39, 0.29) is 29.0 Å². The third kappa shape index (κ3) is 5.63. The summed E-state index contributed by atoms with van der Waals surface area (Å²) >= 11 is 1.48. The lowest BCUT2D eigenvalue weighted by molar-refractivity contribution is 0.0985. The minimum Gasteiger partial charge on any atom is -0.308 e. The lowest BCUT2D eigenvalue weighted by Gasteiger charge is -2.22. The van der Waals surface area contributed by atoms with Gasteiger partial charge in [0.05, 0.1) is 20.9 Å². The van der Waals surface area contributed by atoms with E-state index in [9.17, 15) is 13.2 Å². The first-order valence-corrected chi connectivity index (χ1v) is 12.3. The molecular weight excluding hydrogens is 454 g/mol. The van der Waals surface area contributed by atoms with Gasteiger partial charge in [0.15, 0.2) is 15.0 Å². The summed E-state index contributed by atoms with van der Waals surface area (Å²) < 4.78 is 25.6. The molecule has 3 aromatic rings. The largest absolute Gasteiger partial charge is 0.308 e. The molecule has 0 radical (unpaired) electrons. The molecule has 3 rings (SSSR count). The fraction of sp³-hybridized carbons (Fsp3) is 0.364. The van der Waals surface area contributed by atoms with Crippen LogP contribution in [0.15, 0.2) is 41.3 Å². The molecule has 31 heavy (non-hydrogen) atoms. The van der Waals surface area contributed by atoms with E-state index in [2.05, 4.69) is 12.1 Å². The van der Waals surface area contributed by atoms with Gasteiger partial charge in [-0.3, -0.25) is 9.69 Å². The fourth-order valence-corrected chi connectivity index (χ4v) is 5.30. The molecule has 0 spiro atoms. The van der Waals surface area contributed by atoms with E-state index in [1.54, 1.807) is 24.0 Å². The Labute approximate surface area is 194 Å². The Bertz CT molecular complexity index is 1190. The van der Waals surface area contributed by atoms with Crippen LogP contribution in [0, 0.1) is 13.8 Å². The van der Waals surface area contributed by atoms with Crippen molar-refractivity contribution in [3.05, 3.63) is 53.1 Å². The summed E-state index contributed by atoms with van der Waals surface area (Å²) in [7, 11) is 0.502. The maximum Gasteiger partial charge on any atom is 0.260 e. The predicted molar refractivity (Wildman–Crippen MR) is 131 cm³/mol. The Hall–Kier alpha value is -2.00. The summed E-state index contributed by atoms with van der Waals surface area (Å²) in [4.78, 5) is 22.0. The monoisotopic (exact) mass is 481 g/mol. The molecule has 2 aromatic carbocycles. The first-order chi connectivity index (χ1) is 14.1. The van der Waals surface area contributed by atoms with E-state index in [1.165, 1.54) is 23.5 Å². The number of nitrogens with zero attached hydrogens (tertiary/aromatic N) is 3. The molecule has 168 valence electrons. The predicted octanol–water partition coefficient (Wildman–Crippen LogP) is 4.34. The van der Waals surface area contributed by atoms with Crippen molar-refractivity contribution in [2.24, 2.45) is 0 Å². The van der Waals surface area contributed by atoms with E-state index in [0.717, 1.165) is 21.3 Å². The maximum absolute atomic E-state index is 13.4. The number of likely N-dealkylation sites (N-methyl/N-ethyl adjacent to an activating group) is 1. The van der Waals surface area contributed by atoms with Gasteiger partial charge in [0.25, 0.3) is 5.91 Å². The molecule has 0 saturated carbocycles. The summed E-state index contributed by atoms with van der Waals surface area (Å²) in [5.41, 5.74) is 3.46. The molecule has 0 aliphatic carbocycles. The second-order valence-corrected chi connectivity index (χ2v) is 10.9. The molecule has 0 aliphatic heterocycles. The first kappa shape index (κ1) is 25.3. The number of amides is 1. The average molecular weight is 482 g/mol. The molecule has 9 heteroatoms. The summed E-state index contributed by atoms with van der Waals surface area (Å²) in [5.74, 6) is -0.260. The van der Waals surface area contributed by atoms with Crippen molar-refractivity contribution in [1.82, 2.24) is 9.88 Å². The molecule has 0 bridgehead atoms. The Morgan fingerprint density at radius 3 is 2.45 bits per heavy atom. The molecule has 1 heterocycles. The van der Waals surface area contributed by atoms with Crippen molar-refractivity contribution >= 4 is 54.8 Å². The number of anilines is 1. The summed E-state index contributed by atoms with van der Waals surface area (Å²) in [6.07, 6.45) is 0. The van der Waals surface area contributed by atoms with E-state index in [0.29, 0.717) is 23.8 Å². The summed E-state index contributed by atoms with van der Waals surface area (Å²) in [6, 6.07) is 10.4. The van der Waals surface area contributed by atoms with Crippen LogP contribution >= 0.6 is 23.7 Å². The topological polar surface area (TPSA) is 70.6 Å². The highest BCUT2D eigenvalue weighted by molar-refractivity contribution is 7.91. The van der Waals surface area contributed by atoms with Crippen molar-refractivity contribution in [3.8, 4) is 0 Å². The number of hydrogen-bond donors (Lipinski definition) is 0. The number of aryl methyl sites for hydroxylation is 2. The molecule has 0 atom stereocenters. The second-order valence-electron chi connectivity index (χ2n) is 7.62. The number of carbonyl (C=O) groups excluding carboxylic acids is 1. The Balaban J connectivity index is 0.00000341. The Morgan fingerprint density at radius 2 is 1.81 bits per heavy atom. The highest BCUT2D eigenvalue weighted by atomic mass is 35.5. The molecule has 0 fully saturated rings. The molecule has 1 aromatic heterocycles. The molecule has 0 unspecified atom stereocenters. The minimum absolute atomic E-state index is 0. The van der Waals surface area contributed by atoms with Gasteiger partial charge in [0.2, 0.25) is 0 Å². The van der Waals surface area contributed by atoms with E-state index in [4.69, 9.17) is 4.98 Å². The molecular formula is C22H28ClN3O3S2. The van der Waals surface area contributed by atoms with Gasteiger partial charge in [0.1, 0.15) is 0 Å². The zero-order chi connectivity index (χ0) is 22.1. The van der Waals surface area contributed by atoms with E-state index < -0.39 is 9.84 Å².